The lowest BCUT2D eigenvalue weighted by atomic mass is 10.1. The van der Waals surface area contributed by atoms with Gasteiger partial charge in [-0.05, 0) is 24.6 Å². The SMILES string of the molecule is C#CCNC(=NCc1ccc(C#N)cc1)NCC.I. The van der Waals surface area contributed by atoms with Crippen LogP contribution in [0, 0.1) is 23.7 Å². The Bertz CT molecular complexity index is 480. The third-order valence-electron chi connectivity index (χ3n) is 2.20. The van der Waals surface area contributed by atoms with Crippen molar-refractivity contribution in [3.63, 3.8) is 0 Å². The Morgan fingerprint density at radius 1 is 1.32 bits per heavy atom. The molecule has 0 radical (unpaired) electrons. The number of halogens is 1. The molecule has 0 aromatic heterocycles. The van der Waals surface area contributed by atoms with Crippen molar-refractivity contribution in [2.24, 2.45) is 4.99 Å². The maximum absolute atomic E-state index is 8.70. The number of benzene rings is 1. The molecular formula is C14H17IN4. The van der Waals surface area contributed by atoms with Gasteiger partial charge in [-0.1, -0.05) is 18.1 Å². The van der Waals surface area contributed by atoms with E-state index in [1.165, 1.54) is 0 Å². The summed E-state index contributed by atoms with van der Waals surface area (Å²) >= 11 is 0. The standard InChI is InChI=1S/C14H16N4.HI/c1-3-9-17-14(16-4-2)18-11-13-7-5-12(10-15)6-8-13;/h1,5-8H,4,9,11H2,2H3,(H2,16,17,18);1H. The van der Waals surface area contributed by atoms with Crippen molar-refractivity contribution in [3.8, 4) is 18.4 Å². The van der Waals surface area contributed by atoms with Crippen LogP contribution in [0.25, 0.3) is 0 Å². The molecule has 0 fully saturated rings. The zero-order valence-corrected chi connectivity index (χ0v) is 13.1. The average Bonchev–Trinajstić information content (AvgIpc) is 2.42. The summed E-state index contributed by atoms with van der Waals surface area (Å²) in [7, 11) is 0. The van der Waals surface area contributed by atoms with Gasteiger partial charge in [0.25, 0.3) is 0 Å². The van der Waals surface area contributed by atoms with Crippen LogP contribution in [0.3, 0.4) is 0 Å². The molecule has 0 atom stereocenters. The first kappa shape index (κ1) is 17.3. The monoisotopic (exact) mass is 368 g/mol. The number of nitriles is 1. The van der Waals surface area contributed by atoms with Gasteiger partial charge in [0, 0.05) is 6.54 Å². The van der Waals surface area contributed by atoms with Gasteiger partial charge in [-0.15, -0.1) is 30.4 Å². The Balaban J connectivity index is 0.00000324. The first-order valence-corrected chi connectivity index (χ1v) is 5.74. The van der Waals surface area contributed by atoms with Gasteiger partial charge in [0.2, 0.25) is 0 Å². The van der Waals surface area contributed by atoms with E-state index in [0.29, 0.717) is 24.6 Å². The van der Waals surface area contributed by atoms with Crippen LogP contribution >= 0.6 is 24.0 Å². The lowest BCUT2D eigenvalue weighted by Crippen LogP contribution is -2.37. The maximum Gasteiger partial charge on any atom is 0.192 e. The largest absolute Gasteiger partial charge is 0.357 e. The minimum atomic E-state index is 0. The fourth-order valence-corrected chi connectivity index (χ4v) is 1.33. The summed E-state index contributed by atoms with van der Waals surface area (Å²) in [6.45, 7) is 3.77. The van der Waals surface area contributed by atoms with Crippen LogP contribution in [0.2, 0.25) is 0 Å². The first-order valence-electron chi connectivity index (χ1n) is 5.74. The molecule has 0 aliphatic rings. The Morgan fingerprint density at radius 2 is 2.00 bits per heavy atom. The summed E-state index contributed by atoms with van der Waals surface area (Å²) in [5, 5.41) is 14.8. The smallest absolute Gasteiger partial charge is 0.192 e. The highest BCUT2D eigenvalue weighted by Gasteiger charge is 1.96. The van der Waals surface area contributed by atoms with Crippen molar-refractivity contribution >= 4 is 29.9 Å². The molecule has 0 saturated carbocycles. The maximum atomic E-state index is 8.70. The van der Waals surface area contributed by atoms with Crippen LogP contribution in [-0.2, 0) is 6.54 Å². The number of aliphatic imine (C=N–C) groups is 1. The van der Waals surface area contributed by atoms with Gasteiger partial charge in [-0.25, -0.2) is 4.99 Å². The molecule has 19 heavy (non-hydrogen) atoms. The van der Waals surface area contributed by atoms with Crippen LogP contribution in [0.15, 0.2) is 29.3 Å². The highest BCUT2D eigenvalue weighted by molar-refractivity contribution is 14.0. The minimum absolute atomic E-state index is 0. The molecule has 0 unspecified atom stereocenters. The van der Waals surface area contributed by atoms with Crippen LogP contribution < -0.4 is 10.6 Å². The summed E-state index contributed by atoms with van der Waals surface area (Å²) < 4.78 is 0. The Morgan fingerprint density at radius 3 is 2.53 bits per heavy atom. The lowest BCUT2D eigenvalue weighted by Gasteiger charge is -2.08. The van der Waals surface area contributed by atoms with E-state index in [1.807, 2.05) is 19.1 Å². The van der Waals surface area contributed by atoms with Crippen molar-refractivity contribution in [1.82, 2.24) is 10.6 Å². The van der Waals surface area contributed by atoms with E-state index < -0.39 is 0 Å². The second kappa shape index (κ2) is 10.2. The molecule has 0 aliphatic carbocycles. The van der Waals surface area contributed by atoms with Gasteiger partial charge in [-0.2, -0.15) is 5.26 Å². The molecule has 4 nitrogen and oxygen atoms in total. The average molecular weight is 368 g/mol. The molecule has 0 spiro atoms. The molecular weight excluding hydrogens is 351 g/mol. The summed E-state index contributed by atoms with van der Waals surface area (Å²) in [6, 6.07) is 9.44. The fraction of sp³-hybridized carbons (Fsp3) is 0.286. The summed E-state index contributed by atoms with van der Waals surface area (Å²) in [5.41, 5.74) is 1.70. The van der Waals surface area contributed by atoms with Crippen molar-refractivity contribution in [2.75, 3.05) is 13.1 Å². The van der Waals surface area contributed by atoms with Gasteiger partial charge in [0.1, 0.15) is 0 Å². The highest BCUT2D eigenvalue weighted by Crippen LogP contribution is 2.04. The van der Waals surface area contributed by atoms with Crippen molar-refractivity contribution in [2.45, 2.75) is 13.5 Å². The number of rotatable bonds is 4. The van der Waals surface area contributed by atoms with Gasteiger partial charge in [-0.3, -0.25) is 0 Å². The first-order chi connectivity index (χ1) is 8.80. The van der Waals surface area contributed by atoms with E-state index in [0.717, 1.165) is 12.1 Å². The number of hydrogen-bond donors (Lipinski definition) is 2. The lowest BCUT2D eigenvalue weighted by molar-refractivity contribution is 0.865. The second-order valence-corrected chi connectivity index (χ2v) is 3.56. The predicted octanol–water partition coefficient (Wildman–Crippen LogP) is 1.86. The van der Waals surface area contributed by atoms with Gasteiger partial charge >= 0.3 is 0 Å². The number of terminal acetylenes is 1. The van der Waals surface area contributed by atoms with Crippen LogP contribution in [0.5, 0.6) is 0 Å². The fourth-order valence-electron chi connectivity index (χ4n) is 1.33. The zero-order chi connectivity index (χ0) is 13.2. The van der Waals surface area contributed by atoms with E-state index in [1.54, 1.807) is 12.1 Å². The van der Waals surface area contributed by atoms with Crippen molar-refractivity contribution in [1.29, 1.82) is 5.26 Å². The minimum Gasteiger partial charge on any atom is -0.357 e. The third-order valence-corrected chi connectivity index (χ3v) is 2.20. The number of guanidine groups is 1. The van der Waals surface area contributed by atoms with Crippen molar-refractivity contribution < 1.29 is 0 Å². The molecule has 0 bridgehead atoms. The summed E-state index contributed by atoms with van der Waals surface area (Å²) in [6.07, 6.45) is 5.19. The Hall–Kier alpha value is -1.73. The van der Waals surface area contributed by atoms with Crippen LogP contribution in [0.1, 0.15) is 18.1 Å². The van der Waals surface area contributed by atoms with E-state index in [9.17, 15) is 0 Å². The Labute approximate surface area is 131 Å². The topological polar surface area (TPSA) is 60.2 Å². The van der Waals surface area contributed by atoms with E-state index in [-0.39, 0.29) is 24.0 Å². The molecule has 0 aliphatic heterocycles. The third kappa shape index (κ3) is 6.68. The molecule has 1 aromatic carbocycles. The quantitative estimate of drug-likeness (QED) is 0.369. The molecule has 1 rings (SSSR count). The highest BCUT2D eigenvalue weighted by atomic mass is 127. The summed E-state index contributed by atoms with van der Waals surface area (Å²) in [4.78, 5) is 4.39. The molecule has 0 saturated heterocycles. The predicted molar refractivity (Wildman–Crippen MR) is 88.2 cm³/mol. The number of nitrogens with zero attached hydrogens (tertiary/aromatic N) is 2. The molecule has 2 N–H and O–H groups in total. The molecule has 1 aromatic rings. The normalized spacial score (nSPS) is 9.74. The van der Waals surface area contributed by atoms with Crippen LogP contribution in [0.4, 0.5) is 0 Å². The van der Waals surface area contributed by atoms with E-state index in [2.05, 4.69) is 27.6 Å². The zero-order valence-electron chi connectivity index (χ0n) is 10.8. The van der Waals surface area contributed by atoms with Crippen LogP contribution in [-0.4, -0.2) is 19.0 Å². The molecule has 0 amide bonds. The number of nitrogens with one attached hydrogen (secondary N) is 2. The van der Waals surface area contributed by atoms with E-state index in [4.69, 9.17) is 11.7 Å². The molecule has 100 valence electrons. The van der Waals surface area contributed by atoms with Crippen molar-refractivity contribution in [3.05, 3.63) is 35.4 Å². The van der Waals surface area contributed by atoms with Gasteiger partial charge in [0.15, 0.2) is 5.96 Å². The van der Waals surface area contributed by atoms with Gasteiger partial charge in [0.05, 0.1) is 24.7 Å². The van der Waals surface area contributed by atoms with Gasteiger partial charge < -0.3 is 10.6 Å². The Kier molecular flexibility index (Phi) is 9.29. The summed E-state index contributed by atoms with van der Waals surface area (Å²) in [5.74, 6) is 3.20. The number of hydrogen-bond acceptors (Lipinski definition) is 2. The molecule has 0 heterocycles. The molecule has 5 heteroatoms. The second-order valence-electron chi connectivity index (χ2n) is 3.56. The van der Waals surface area contributed by atoms with E-state index >= 15 is 0 Å².